The van der Waals surface area contributed by atoms with E-state index in [1.165, 1.54) is 87.0 Å². The lowest BCUT2D eigenvalue weighted by Gasteiger charge is -2.36. The first kappa shape index (κ1) is 34.7. The number of esters is 2. The number of hydrogen-bond donors (Lipinski definition) is 0. The largest absolute Gasteiger partial charge is 0.489 e. The second-order valence-electron chi connectivity index (χ2n) is 13.4. The Labute approximate surface area is 281 Å². The van der Waals surface area contributed by atoms with Crippen LogP contribution in [0.15, 0.2) is 66.7 Å². The SMILES string of the molecule is COC(=O)CCCCN(CCc1ccccc1OCc1ccc(CCC2CCCCC2)cc1)C1CCCc2cc(C(=O)OC)ccc21. The molecule has 0 N–H and O–H groups in total. The molecule has 1 unspecified atom stereocenters. The zero-order valence-corrected chi connectivity index (χ0v) is 28.5. The number of para-hydroxylation sites is 1. The Morgan fingerprint density at radius 3 is 2.36 bits per heavy atom. The number of hydrogen-bond acceptors (Lipinski definition) is 6. The van der Waals surface area contributed by atoms with Crippen LogP contribution in [0.2, 0.25) is 0 Å². The average Bonchev–Trinajstić information content (AvgIpc) is 3.13. The highest BCUT2D eigenvalue weighted by Crippen LogP contribution is 2.36. The summed E-state index contributed by atoms with van der Waals surface area (Å²) in [6.07, 6.45) is 15.6. The summed E-state index contributed by atoms with van der Waals surface area (Å²) >= 11 is 0. The van der Waals surface area contributed by atoms with Gasteiger partial charge in [-0.05, 0) is 110 Å². The molecule has 0 bridgehead atoms. The van der Waals surface area contributed by atoms with Gasteiger partial charge in [-0.1, -0.05) is 80.6 Å². The highest BCUT2D eigenvalue weighted by molar-refractivity contribution is 5.89. The molecule has 0 aliphatic heterocycles. The van der Waals surface area contributed by atoms with Crippen molar-refractivity contribution in [2.24, 2.45) is 5.92 Å². The Kier molecular flexibility index (Phi) is 13.3. The summed E-state index contributed by atoms with van der Waals surface area (Å²) in [5.41, 5.74) is 6.96. The lowest BCUT2D eigenvalue weighted by Crippen LogP contribution is -2.34. The maximum Gasteiger partial charge on any atom is 0.337 e. The van der Waals surface area contributed by atoms with E-state index in [9.17, 15) is 9.59 Å². The van der Waals surface area contributed by atoms with Crippen LogP contribution in [-0.4, -0.2) is 44.1 Å². The van der Waals surface area contributed by atoms with Crippen molar-refractivity contribution in [3.05, 3.63) is 100 Å². The third-order valence-electron chi connectivity index (χ3n) is 10.2. The van der Waals surface area contributed by atoms with Crippen molar-refractivity contribution in [2.75, 3.05) is 27.3 Å². The van der Waals surface area contributed by atoms with E-state index in [4.69, 9.17) is 14.2 Å². The number of aryl methyl sites for hydroxylation is 2. The van der Waals surface area contributed by atoms with Crippen molar-refractivity contribution in [1.82, 2.24) is 4.90 Å². The Balaban J connectivity index is 1.22. The van der Waals surface area contributed by atoms with Gasteiger partial charge in [0.15, 0.2) is 0 Å². The first-order valence-corrected chi connectivity index (χ1v) is 17.8. The molecule has 1 saturated carbocycles. The molecule has 252 valence electrons. The molecule has 2 aliphatic carbocycles. The van der Waals surface area contributed by atoms with Crippen molar-refractivity contribution in [3.63, 3.8) is 0 Å². The number of ether oxygens (including phenoxy) is 3. The zero-order valence-electron chi connectivity index (χ0n) is 28.5. The van der Waals surface area contributed by atoms with E-state index in [1.54, 1.807) is 0 Å². The van der Waals surface area contributed by atoms with Gasteiger partial charge >= 0.3 is 11.9 Å². The van der Waals surface area contributed by atoms with E-state index in [0.717, 1.165) is 63.3 Å². The Morgan fingerprint density at radius 2 is 1.57 bits per heavy atom. The van der Waals surface area contributed by atoms with Crippen LogP contribution in [0.25, 0.3) is 0 Å². The number of benzene rings is 3. The van der Waals surface area contributed by atoms with Crippen molar-refractivity contribution in [2.45, 2.75) is 103 Å². The molecule has 0 heterocycles. The minimum absolute atomic E-state index is 0.157. The summed E-state index contributed by atoms with van der Waals surface area (Å²) in [7, 11) is 2.88. The highest BCUT2D eigenvalue weighted by Gasteiger charge is 2.27. The molecule has 2 aliphatic rings. The van der Waals surface area contributed by atoms with E-state index < -0.39 is 0 Å². The lowest BCUT2D eigenvalue weighted by atomic mass is 9.85. The molecule has 0 spiro atoms. The van der Waals surface area contributed by atoms with Crippen LogP contribution in [0, 0.1) is 5.92 Å². The van der Waals surface area contributed by atoms with Crippen LogP contribution in [0.4, 0.5) is 0 Å². The molecule has 5 rings (SSSR count). The molecule has 6 nitrogen and oxygen atoms in total. The fourth-order valence-electron chi connectivity index (χ4n) is 7.45. The Hall–Kier alpha value is -3.64. The summed E-state index contributed by atoms with van der Waals surface area (Å²) in [6, 6.07) is 23.7. The summed E-state index contributed by atoms with van der Waals surface area (Å²) in [5, 5.41) is 0. The van der Waals surface area contributed by atoms with Crippen LogP contribution < -0.4 is 4.74 Å². The highest BCUT2D eigenvalue weighted by atomic mass is 16.5. The van der Waals surface area contributed by atoms with Crippen molar-refractivity contribution >= 4 is 11.9 Å². The first-order valence-electron chi connectivity index (χ1n) is 17.8. The topological polar surface area (TPSA) is 65.1 Å². The lowest BCUT2D eigenvalue weighted by molar-refractivity contribution is -0.140. The monoisotopic (exact) mass is 639 g/mol. The molecule has 0 radical (unpaired) electrons. The quantitative estimate of drug-likeness (QED) is 0.115. The maximum absolute atomic E-state index is 12.2. The molecular weight excluding hydrogens is 586 g/mol. The van der Waals surface area contributed by atoms with Gasteiger partial charge in [0.1, 0.15) is 12.4 Å². The fraction of sp³-hybridized carbons (Fsp3) is 0.512. The fourth-order valence-corrected chi connectivity index (χ4v) is 7.45. The van der Waals surface area contributed by atoms with Gasteiger partial charge in [0.25, 0.3) is 0 Å². The predicted molar refractivity (Wildman–Crippen MR) is 187 cm³/mol. The average molecular weight is 640 g/mol. The van der Waals surface area contributed by atoms with Crippen molar-refractivity contribution in [1.29, 1.82) is 0 Å². The van der Waals surface area contributed by atoms with E-state index in [0.29, 0.717) is 18.6 Å². The van der Waals surface area contributed by atoms with Gasteiger partial charge in [-0.3, -0.25) is 9.69 Å². The molecule has 47 heavy (non-hydrogen) atoms. The van der Waals surface area contributed by atoms with Crippen LogP contribution in [0.1, 0.15) is 115 Å². The third kappa shape index (κ3) is 10.2. The molecule has 1 fully saturated rings. The number of rotatable bonds is 16. The van der Waals surface area contributed by atoms with E-state index >= 15 is 0 Å². The first-order chi connectivity index (χ1) is 23.0. The molecule has 0 aromatic heterocycles. The van der Waals surface area contributed by atoms with Gasteiger partial charge < -0.3 is 14.2 Å². The standard InChI is InChI=1S/C41H53NO5/c1-45-40(43)17-8-9-27-42(38-15-10-14-35-29-36(41(44)46-2)24-25-37(35)38)28-26-34-13-6-7-16-39(34)47-30-33-22-20-32(21-23-33)19-18-31-11-4-3-5-12-31/h6-7,13,16,20-25,29,31,38H,3-5,8-12,14-15,17-19,26-28,30H2,1-2H3. The minimum atomic E-state index is -0.295. The van der Waals surface area contributed by atoms with Gasteiger partial charge in [0.2, 0.25) is 0 Å². The summed E-state index contributed by atoms with van der Waals surface area (Å²) in [4.78, 5) is 26.5. The van der Waals surface area contributed by atoms with Crippen molar-refractivity contribution < 1.29 is 23.8 Å². The zero-order chi connectivity index (χ0) is 32.8. The number of fused-ring (bicyclic) bond motifs is 1. The molecule has 6 heteroatoms. The number of unbranched alkanes of at least 4 members (excludes halogenated alkanes) is 1. The molecule has 1 atom stereocenters. The van der Waals surface area contributed by atoms with Crippen LogP contribution in [-0.2, 0) is 40.1 Å². The third-order valence-corrected chi connectivity index (χ3v) is 10.2. The molecule has 3 aromatic rings. The van der Waals surface area contributed by atoms with Crippen molar-refractivity contribution in [3.8, 4) is 5.75 Å². The van der Waals surface area contributed by atoms with Gasteiger partial charge in [-0.25, -0.2) is 4.79 Å². The van der Waals surface area contributed by atoms with E-state index in [-0.39, 0.29) is 18.0 Å². The second-order valence-corrected chi connectivity index (χ2v) is 13.4. The molecule has 0 amide bonds. The Morgan fingerprint density at radius 1 is 0.787 bits per heavy atom. The van der Waals surface area contributed by atoms with Crippen LogP contribution in [0.3, 0.4) is 0 Å². The summed E-state index contributed by atoms with van der Waals surface area (Å²) in [5.74, 6) is 1.39. The number of carbonyl (C=O) groups excluding carboxylic acids is 2. The summed E-state index contributed by atoms with van der Waals surface area (Å²) in [6.45, 7) is 2.31. The predicted octanol–water partition coefficient (Wildman–Crippen LogP) is 8.83. The van der Waals surface area contributed by atoms with E-state index in [1.807, 2.05) is 18.2 Å². The van der Waals surface area contributed by atoms with Gasteiger partial charge in [-0.15, -0.1) is 0 Å². The minimum Gasteiger partial charge on any atom is -0.489 e. The van der Waals surface area contributed by atoms with Crippen LogP contribution >= 0.6 is 0 Å². The number of nitrogens with zero attached hydrogens (tertiary/aromatic N) is 1. The van der Waals surface area contributed by atoms with Gasteiger partial charge in [-0.2, -0.15) is 0 Å². The number of carbonyl (C=O) groups is 2. The summed E-state index contributed by atoms with van der Waals surface area (Å²) < 4.78 is 16.3. The second kappa shape index (κ2) is 18.1. The maximum atomic E-state index is 12.2. The van der Waals surface area contributed by atoms with E-state index in [2.05, 4.69) is 53.4 Å². The molecular formula is C41H53NO5. The smallest absolute Gasteiger partial charge is 0.337 e. The normalized spacial score (nSPS) is 16.4. The molecule has 3 aromatic carbocycles. The molecule has 0 saturated heterocycles. The van der Waals surface area contributed by atoms with Crippen LogP contribution in [0.5, 0.6) is 5.75 Å². The Bertz CT molecular complexity index is 1430. The van der Waals surface area contributed by atoms with Gasteiger partial charge in [0.05, 0.1) is 19.8 Å². The van der Waals surface area contributed by atoms with Gasteiger partial charge in [0, 0.05) is 19.0 Å². The number of methoxy groups -OCH3 is 2.